The first-order valence-electron chi connectivity index (χ1n) is 13.1. The predicted octanol–water partition coefficient (Wildman–Crippen LogP) is 4.07. The molecule has 0 spiro atoms. The van der Waals surface area contributed by atoms with E-state index in [0.29, 0.717) is 28.1 Å². The number of nitriles is 1. The van der Waals surface area contributed by atoms with Crippen LogP contribution in [0, 0.1) is 11.3 Å². The second-order valence-electron chi connectivity index (χ2n) is 9.90. The van der Waals surface area contributed by atoms with Crippen LogP contribution in [0.15, 0.2) is 67.0 Å². The van der Waals surface area contributed by atoms with Crippen LogP contribution in [0.1, 0.15) is 34.3 Å². The minimum atomic E-state index is -0.285. The first-order chi connectivity index (χ1) is 19.4. The lowest BCUT2D eigenvalue weighted by Crippen LogP contribution is -2.35. The number of aromatic nitrogens is 2. The van der Waals surface area contributed by atoms with Gasteiger partial charge in [0.05, 0.1) is 22.9 Å². The van der Waals surface area contributed by atoms with Gasteiger partial charge in [0.15, 0.2) is 0 Å². The van der Waals surface area contributed by atoms with Gasteiger partial charge in [-0.05, 0) is 54.8 Å². The number of carbonyl (C=O) groups excluding carboxylic acids is 2. The van der Waals surface area contributed by atoms with Crippen molar-refractivity contribution in [2.75, 3.05) is 37.4 Å². The molecule has 2 aromatic heterocycles. The zero-order chi connectivity index (χ0) is 28.2. The van der Waals surface area contributed by atoms with Gasteiger partial charge in [-0.15, -0.1) is 0 Å². The number of likely N-dealkylation sites (tertiary alicyclic amines) is 1. The molecule has 4 aromatic rings. The van der Waals surface area contributed by atoms with E-state index < -0.39 is 0 Å². The molecule has 3 N–H and O–H groups in total. The van der Waals surface area contributed by atoms with Crippen LogP contribution in [0.2, 0.25) is 0 Å². The van der Waals surface area contributed by atoms with Crippen molar-refractivity contribution >= 4 is 40.0 Å². The van der Waals surface area contributed by atoms with Crippen molar-refractivity contribution in [1.82, 2.24) is 19.8 Å². The molecule has 0 radical (unpaired) electrons. The molecule has 3 heterocycles. The molecule has 204 valence electrons. The summed E-state index contributed by atoms with van der Waals surface area (Å²) in [4.78, 5) is 33.6. The topological polar surface area (TPSA) is 127 Å². The van der Waals surface area contributed by atoms with Gasteiger partial charge in [-0.25, -0.2) is 9.78 Å². The molecule has 1 aliphatic rings. The molecule has 2 amide bonds. The van der Waals surface area contributed by atoms with E-state index in [0.717, 1.165) is 49.1 Å². The van der Waals surface area contributed by atoms with E-state index in [1.807, 2.05) is 36.2 Å². The van der Waals surface area contributed by atoms with Gasteiger partial charge in [0.2, 0.25) is 0 Å². The van der Waals surface area contributed by atoms with Crippen molar-refractivity contribution in [3.63, 3.8) is 0 Å². The number of fused-ring (bicyclic) bond motifs is 1. The number of anilines is 3. The predicted molar refractivity (Wildman–Crippen MR) is 154 cm³/mol. The Morgan fingerprint density at radius 2 is 1.88 bits per heavy atom. The molecule has 1 aliphatic heterocycles. The minimum absolute atomic E-state index is 0.200. The quantitative estimate of drug-likeness (QED) is 0.338. The Labute approximate surface area is 232 Å². The third kappa shape index (κ3) is 5.66. The molecule has 0 atom stereocenters. The number of carbonyl (C=O) groups is 2. The molecule has 1 fully saturated rings. The maximum atomic E-state index is 13.0. The molecule has 0 aliphatic carbocycles. The highest BCUT2D eigenvalue weighted by molar-refractivity contribution is 6.04. The summed E-state index contributed by atoms with van der Waals surface area (Å²) in [5.74, 6) is 0.116. The van der Waals surface area contributed by atoms with Gasteiger partial charge in [0.25, 0.3) is 5.91 Å². The highest BCUT2D eigenvalue weighted by atomic mass is 16.3. The van der Waals surface area contributed by atoms with E-state index in [9.17, 15) is 20.0 Å². The third-order valence-electron chi connectivity index (χ3n) is 7.27. The van der Waals surface area contributed by atoms with E-state index in [2.05, 4.69) is 26.6 Å². The van der Waals surface area contributed by atoms with Crippen molar-refractivity contribution < 1.29 is 14.7 Å². The molecule has 0 bridgehead atoms. The van der Waals surface area contributed by atoms with E-state index in [4.69, 9.17) is 0 Å². The lowest BCUT2D eigenvalue weighted by atomic mass is 10.1. The average Bonchev–Trinajstić information content (AvgIpc) is 3.40. The molecular formula is C30H31N7O3. The molecule has 0 saturated carbocycles. The summed E-state index contributed by atoms with van der Waals surface area (Å²) in [5.41, 5.74) is 4.07. The van der Waals surface area contributed by atoms with Crippen LogP contribution in [0.5, 0.6) is 0 Å². The molecule has 2 aromatic carbocycles. The van der Waals surface area contributed by atoms with Crippen LogP contribution >= 0.6 is 0 Å². The van der Waals surface area contributed by atoms with E-state index >= 15 is 0 Å². The Morgan fingerprint density at radius 3 is 2.58 bits per heavy atom. The number of hydrogen-bond acceptors (Lipinski definition) is 7. The molecular weight excluding hydrogens is 506 g/mol. The number of amides is 2. The largest absolute Gasteiger partial charge is 0.393 e. The second kappa shape index (κ2) is 11.6. The first kappa shape index (κ1) is 26.9. The van der Waals surface area contributed by atoms with Crippen LogP contribution in [-0.4, -0.2) is 64.8 Å². The van der Waals surface area contributed by atoms with Crippen molar-refractivity contribution in [3.8, 4) is 6.07 Å². The third-order valence-corrected chi connectivity index (χ3v) is 7.27. The van der Waals surface area contributed by atoms with Crippen LogP contribution in [0.4, 0.5) is 22.0 Å². The zero-order valence-electron chi connectivity index (χ0n) is 22.5. The number of nitrogens with one attached hydrogen (secondary N) is 2. The van der Waals surface area contributed by atoms with Crippen molar-refractivity contribution in [1.29, 1.82) is 5.26 Å². The summed E-state index contributed by atoms with van der Waals surface area (Å²) >= 11 is 0. The summed E-state index contributed by atoms with van der Waals surface area (Å²) in [6.07, 6.45) is 4.65. The normalized spacial score (nSPS) is 14.1. The van der Waals surface area contributed by atoms with Crippen molar-refractivity contribution in [2.24, 2.45) is 0 Å². The number of nitrogens with zero attached hydrogens (tertiary/aromatic N) is 5. The summed E-state index contributed by atoms with van der Waals surface area (Å²) in [5, 5.41) is 25.8. The van der Waals surface area contributed by atoms with Crippen molar-refractivity contribution in [2.45, 2.75) is 25.5 Å². The molecule has 0 unspecified atom stereocenters. The van der Waals surface area contributed by atoms with Crippen LogP contribution in [0.3, 0.4) is 0 Å². The first-order valence-corrected chi connectivity index (χ1v) is 13.1. The van der Waals surface area contributed by atoms with Gasteiger partial charge >= 0.3 is 6.03 Å². The van der Waals surface area contributed by atoms with Gasteiger partial charge in [-0.2, -0.15) is 5.26 Å². The second-order valence-corrected chi connectivity index (χ2v) is 9.90. The summed E-state index contributed by atoms with van der Waals surface area (Å²) < 4.78 is 1.46. The smallest absolute Gasteiger partial charge is 0.325 e. The fourth-order valence-electron chi connectivity index (χ4n) is 4.96. The zero-order valence-corrected chi connectivity index (χ0v) is 22.5. The molecule has 10 nitrogen and oxygen atoms in total. The standard InChI is InChI=1S/C30H31N7O3/c1-32-30(40)37-14-8-22-15-26(23(18-31)16-27(22)37)35(2)24-7-11-33-28(17-24)34-29(39)21-5-3-20(4-6-21)19-36-12-9-25(38)10-13-36/h3-8,11,14-17,25,38H,9-10,12-13,19H2,1-2H3,(H,32,40)(H,33,34,39). The van der Waals surface area contributed by atoms with Gasteiger partial charge in [0.1, 0.15) is 11.9 Å². The highest BCUT2D eigenvalue weighted by Gasteiger charge is 2.18. The lowest BCUT2D eigenvalue weighted by Gasteiger charge is -2.29. The van der Waals surface area contributed by atoms with Crippen LogP contribution in [0.25, 0.3) is 10.9 Å². The maximum absolute atomic E-state index is 13.0. The minimum Gasteiger partial charge on any atom is -0.393 e. The van der Waals surface area contributed by atoms with Gasteiger partial charge < -0.3 is 20.6 Å². The van der Waals surface area contributed by atoms with Gasteiger partial charge in [-0.1, -0.05) is 12.1 Å². The molecule has 10 heteroatoms. The fraction of sp³-hybridized carbons (Fsp3) is 0.267. The Kier molecular flexibility index (Phi) is 7.77. The number of pyridine rings is 1. The SMILES string of the molecule is CNC(=O)n1ccc2cc(N(C)c3ccnc(NC(=O)c4ccc(CN5CCC(O)CC5)cc4)c3)c(C#N)cc21. The number of hydrogen-bond donors (Lipinski definition) is 3. The Morgan fingerprint density at radius 1 is 1.12 bits per heavy atom. The lowest BCUT2D eigenvalue weighted by molar-refractivity contribution is 0.0792. The number of benzene rings is 2. The number of aliphatic hydroxyl groups is 1. The number of piperidine rings is 1. The molecule has 40 heavy (non-hydrogen) atoms. The highest BCUT2D eigenvalue weighted by Crippen LogP contribution is 2.32. The van der Waals surface area contributed by atoms with Crippen molar-refractivity contribution in [3.05, 3.63) is 83.7 Å². The molecule has 5 rings (SSSR count). The van der Waals surface area contributed by atoms with E-state index in [1.54, 1.807) is 49.8 Å². The van der Waals surface area contributed by atoms with Crippen LogP contribution < -0.4 is 15.5 Å². The van der Waals surface area contributed by atoms with Gasteiger partial charge in [-0.3, -0.25) is 14.3 Å². The Bertz CT molecular complexity index is 1580. The number of rotatable bonds is 6. The van der Waals surface area contributed by atoms with Crippen LogP contribution in [-0.2, 0) is 6.54 Å². The maximum Gasteiger partial charge on any atom is 0.325 e. The Hall–Kier alpha value is -4.72. The summed E-state index contributed by atoms with van der Waals surface area (Å²) in [6.45, 7) is 2.52. The van der Waals surface area contributed by atoms with E-state index in [-0.39, 0.29) is 18.0 Å². The molecule has 1 saturated heterocycles. The number of aliphatic hydroxyl groups excluding tert-OH is 1. The summed E-state index contributed by atoms with van der Waals surface area (Å²) in [7, 11) is 3.39. The Balaban J connectivity index is 1.30. The summed E-state index contributed by atoms with van der Waals surface area (Å²) in [6, 6.07) is 18.4. The monoisotopic (exact) mass is 537 g/mol. The fourth-order valence-corrected chi connectivity index (χ4v) is 4.96. The van der Waals surface area contributed by atoms with E-state index in [1.165, 1.54) is 4.57 Å². The average molecular weight is 538 g/mol. The van der Waals surface area contributed by atoms with Gasteiger partial charge in [0, 0.05) is 68.8 Å².